The molecule has 1 saturated heterocycles. The van der Waals surface area contributed by atoms with Crippen LogP contribution < -0.4 is 5.32 Å². The summed E-state index contributed by atoms with van der Waals surface area (Å²) in [6.07, 6.45) is 3.06. The summed E-state index contributed by atoms with van der Waals surface area (Å²) in [5.74, 6) is -2.33. The maximum atomic E-state index is 11.3. The van der Waals surface area contributed by atoms with E-state index >= 15 is 0 Å². The third kappa shape index (κ3) is 6.35. The zero-order valence-electron chi connectivity index (χ0n) is 12.1. The first kappa shape index (κ1) is 17.1. The predicted molar refractivity (Wildman–Crippen MR) is 70.5 cm³/mol. The van der Waals surface area contributed by atoms with Crippen LogP contribution in [-0.4, -0.2) is 48.5 Å². The first-order valence-electron chi connectivity index (χ1n) is 6.95. The van der Waals surface area contributed by atoms with Crippen molar-refractivity contribution in [3.8, 4) is 0 Å². The summed E-state index contributed by atoms with van der Waals surface area (Å²) in [6, 6.07) is 0. The second kappa shape index (κ2) is 9.06. The van der Waals surface area contributed by atoms with Crippen molar-refractivity contribution in [1.29, 1.82) is 0 Å². The Morgan fingerprint density at radius 2 is 1.81 bits per heavy atom. The molecule has 0 unspecified atom stereocenters. The second-order valence-corrected chi connectivity index (χ2v) is 4.60. The van der Waals surface area contributed by atoms with Crippen molar-refractivity contribution in [1.82, 2.24) is 10.4 Å². The number of ether oxygens (including phenoxy) is 1. The Hall–Kier alpha value is -1.96. The largest absolute Gasteiger partial charge is 0.360 e. The van der Waals surface area contributed by atoms with Gasteiger partial charge in [-0.05, 0) is 6.42 Å². The van der Waals surface area contributed by atoms with E-state index in [1.165, 1.54) is 0 Å². The highest BCUT2D eigenvalue weighted by Gasteiger charge is 2.32. The van der Waals surface area contributed by atoms with Crippen molar-refractivity contribution in [2.45, 2.75) is 39.0 Å². The van der Waals surface area contributed by atoms with Crippen LogP contribution in [0.5, 0.6) is 0 Å². The number of rotatable bonds is 9. The quantitative estimate of drug-likeness (QED) is 0.472. The molecular formula is C13H20N2O6. The summed E-state index contributed by atoms with van der Waals surface area (Å²) in [7, 11) is 0. The fourth-order valence-corrected chi connectivity index (χ4v) is 1.67. The zero-order chi connectivity index (χ0) is 15.7. The van der Waals surface area contributed by atoms with Gasteiger partial charge < -0.3 is 14.9 Å². The van der Waals surface area contributed by atoms with E-state index in [4.69, 9.17) is 4.74 Å². The number of hydrogen-bond donors (Lipinski definition) is 1. The maximum absolute atomic E-state index is 11.3. The van der Waals surface area contributed by atoms with Crippen LogP contribution in [0.2, 0.25) is 0 Å². The zero-order valence-corrected chi connectivity index (χ0v) is 12.1. The molecular weight excluding hydrogens is 280 g/mol. The third-order valence-corrected chi connectivity index (χ3v) is 2.75. The van der Waals surface area contributed by atoms with E-state index in [9.17, 15) is 19.2 Å². The Labute approximate surface area is 122 Å². The number of imide groups is 1. The molecule has 21 heavy (non-hydrogen) atoms. The van der Waals surface area contributed by atoms with Crippen molar-refractivity contribution in [2.24, 2.45) is 0 Å². The van der Waals surface area contributed by atoms with Crippen LogP contribution >= 0.6 is 0 Å². The molecule has 1 aliphatic rings. The molecule has 8 heteroatoms. The van der Waals surface area contributed by atoms with Gasteiger partial charge in [0.05, 0.1) is 0 Å². The topological polar surface area (TPSA) is 102 Å². The van der Waals surface area contributed by atoms with Crippen LogP contribution in [0.3, 0.4) is 0 Å². The Kier molecular flexibility index (Phi) is 7.38. The van der Waals surface area contributed by atoms with Crippen LogP contribution in [0.25, 0.3) is 0 Å². The molecule has 0 radical (unpaired) electrons. The molecule has 0 atom stereocenters. The van der Waals surface area contributed by atoms with Crippen molar-refractivity contribution in [2.75, 3.05) is 19.8 Å². The molecule has 118 valence electrons. The highest BCUT2D eigenvalue weighted by molar-refractivity contribution is 6.01. The lowest BCUT2D eigenvalue weighted by atomic mass is 10.2. The normalized spacial score (nSPS) is 14.4. The number of amides is 3. The van der Waals surface area contributed by atoms with Gasteiger partial charge in [0, 0.05) is 19.4 Å². The van der Waals surface area contributed by atoms with E-state index in [0.717, 1.165) is 19.3 Å². The minimum Gasteiger partial charge on any atom is -0.360 e. The SMILES string of the molecule is CCCCCNC(=O)COCC(=O)ON1C(=O)CCC1=O. The highest BCUT2D eigenvalue weighted by atomic mass is 16.7. The van der Waals surface area contributed by atoms with Crippen LogP contribution in [0.1, 0.15) is 39.0 Å². The number of hydroxylamine groups is 2. The van der Waals surface area contributed by atoms with E-state index in [2.05, 4.69) is 17.1 Å². The van der Waals surface area contributed by atoms with Crippen LogP contribution in [-0.2, 0) is 28.8 Å². The number of nitrogens with one attached hydrogen (secondary N) is 1. The average Bonchev–Trinajstić information content (AvgIpc) is 2.75. The molecule has 3 amide bonds. The summed E-state index contributed by atoms with van der Waals surface area (Å²) in [4.78, 5) is 49.6. The fourth-order valence-electron chi connectivity index (χ4n) is 1.67. The van der Waals surface area contributed by atoms with Crippen LogP contribution in [0.15, 0.2) is 0 Å². The average molecular weight is 300 g/mol. The van der Waals surface area contributed by atoms with Gasteiger partial charge >= 0.3 is 5.97 Å². The summed E-state index contributed by atoms with van der Waals surface area (Å²) in [5.41, 5.74) is 0. The lowest BCUT2D eigenvalue weighted by Gasteiger charge is -2.12. The lowest BCUT2D eigenvalue weighted by molar-refractivity contribution is -0.200. The number of hydrogen-bond acceptors (Lipinski definition) is 6. The number of carbonyl (C=O) groups is 4. The molecule has 1 fully saturated rings. The van der Waals surface area contributed by atoms with E-state index in [-0.39, 0.29) is 25.4 Å². The van der Waals surface area contributed by atoms with Gasteiger partial charge in [-0.25, -0.2) is 4.79 Å². The van der Waals surface area contributed by atoms with Crippen molar-refractivity contribution in [3.05, 3.63) is 0 Å². The Morgan fingerprint density at radius 1 is 1.14 bits per heavy atom. The molecule has 0 bridgehead atoms. The van der Waals surface area contributed by atoms with Gasteiger partial charge in [-0.3, -0.25) is 14.4 Å². The molecule has 8 nitrogen and oxygen atoms in total. The van der Waals surface area contributed by atoms with Gasteiger partial charge in [0.2, 0.25) is 5.91 Å². The molecule has 0 aromatic rings. The smallest absolute Gasteiger partial charge is 0.358 e. The molecule has 1 heterocycles. The summed E-state index contributed by atoms with van der Waals surface area (Å²) >= 11 is 0. The predicted octanol–water partition coefficient (Wildman–Crippen LogP) is -0.0834. The highest BCUT2D eigenvalue weighted by Crippen LogP contribution is 2.11. The van der Waals surface area contributed by atoms with Crippen LogP contribution in [0, 0.1) is 0 Å². The standard InChI is InChI=1S/C13H20N2O6/c1-2-3-4-7-14-10(16)8-20-9-13(19)21-15-11(17)5-6-12(15)18/h2-9H2,1H3,(H,14,16). The van der Waals surface area contributed by atoms with Gasteiger partial charge in [-0.2, -0.15) is 0 Å². The van der Waals surface area contributed by atoms with Gasteiger partial charge in [0.15, 0.2) is 0 Å². The van der Waals surface area contributed by atoms with Gasteiger partial charge in [0.25, 0.3) is 11.8 Å². The van der Waals surface area contributed by atoms with Crippen molar-refractivity contribution in [3.63, 3.8) is 0 Å². The summed E-state index contributed by atoms with van der Waals surface area (Å²) < 4.78 is 4.86. The third-order valence-electron chi connectivity index (χ3n) is 2.75. The molecule has 1 aliphatic heterocycles. The van der Waals surface area contributed by atoms with E-state index in [1.54, 1.807) is 0 Å². The molecule has 1 rings (SSSR count). The molecule has 0 aliphatic carbocycles. The Morgan fingerprint density at radius 3 is 2.43 bits per heavy atom. The van der Waals surface area contributed by atoms with Gasteiger partial charge in [0.1, 0.15) is 13.2 Å². The first-order chi connectivity index (χ1) is 10.0. The van der Waals surface area contributed by atoms with E-state index < -0.39 is 24.4 Å². The van der Waals surface area contributed by atoms with Crippen LogP contribution in [0.4, 0.5) is 0 Å². The van der Waals surface area contributed by atoms with E-state index in [0.29, 0.717) is 11.6 Å². The molecule has 1 N–H and O–H groups in total. The molecule has 0 saturated carbocycles. The summed E-state index contributed by atoms with van der Waals surface area (Å²) in [5, 5.41) is 3.08. The molecule has 0 spiro atoms. The first-order valence-corrected chi connectivity index (χ1v) is 6.95. The maximum Gasteiger partial charge on any atom is 0.358 e. The minimum absolute atomic E-state index is 0.0349. The van der Waals surface area contributed by atoms with E-state index in [1.807, 2.05) is 0 Å². The Bertz CT molecular complexity index is 393. The second-order valence-electron chi connectivity index (χ2n) is 4.60. The Balaban J connectivity index is 2.11. The number of nitrogens with zero attached hydrogens (tertiary/aromatic N) is 1. The lowest BCUT2D eigenvalue weighted by Crippen LogP contribution is -2.34. The molecule has 0 aromatic heterocycles. The van der Waals surface area contributed by atoms with Gasteiger partial charge in [-0.1, -0.05) is 19.8 Å². The van der Waals surface area contributed by atoms with Crippen molar-refractivity contribution < 1.29 is 28.8 Å². The van der Waals surface area contributed by atoms with Crippen molar-refractivity contribution >= 4 is 23.7 Å². The number of unbranched alkanes of at least 4 members (excludes halogenated alkanes) is 2. The number of carbonyl (C=O) groups excluding carboxylic acids is 4. The summed E-state index contributed by atoms with van der Waals surface area (Å²) in [6.45, 7) is 1.85. The molecule has 0 aromatic carbocycles. The van der Waals surface area contributed by atoms with Gasteiger partial charge in [-0.15, -0.1) is 5.06 Å². The minimum atomic E-state index is -0.891. The fraction of sp³-hybridized carbons (Fsp3) is 0.692. The monoisotopic (exact) mass is 300 g/mol.